The van der Waals surface area contributed by atoms with Crippen LogP contribution < -0.4 is 5.32 Å². The summed E-state index contributed by atoms with van der Waals surface area (Å²) in [4.78, 5) is 7.14. The quantitative estimate of drug-likeness (QED) is 0.788. The largest absolute Gasteiger partial charge is 0.383 e. The molecule has 122 valence electrons. The molecule has 2 heterocycles. The number of pyridine rings is 1. The second-order valence-electron chi connectivity index (χ2n) is 6.55. The van der Waals surface area contributed by atoms with E-state index in [1.807, 2.05) is 6.07 Å². The Morgan fingerprint density at radius 3 is 2.75 bits per heavy atom. The van der Waals surface area contributed by atoms with E-state index >= 15 is 0 Å². The van der Waals surface area contributed by atoms with Gasteiger partial charge in [0.05, 0.1) is 5.52 Å². The van der Waals surface area contributed by atoms with Gasteiger partial charge in [0.1, 0.15) is 0 Å². The second kappa shape index (κ2) is 6.62. The standard InChI is InChI=1S/C21H23N3/c1-16-14-21(19-8-4-5-9-20(19)23-16)22-11-13-24-12-10-17-6-2-3-7-18(17)15-24/h2-9,14H,10-13,15H2,1H3,(H,22,23). The molecule has 1 aliphatic heterocycles. The molecule has 0 atom stereocenters. The summed E-state index contributed by atoms with van der Waals surface area (Å²) in [6.45, 7) is 6.28. The molecule has 2 aromatic carbocycles. The van der Waals surface area contributed by atoms with E-state index in [2.05, 4.69) is 70.7 Å². The third-order valence-corrected chi connectivity index (χ3v) is 4.80. The van der Waals surface area contributed by atoms with Crippen LogP contribution in [0.5, 0.6) is 0 Å². The molecular weight excluding hydrogens is 294 g/mol. The highest BCUT2D eigenvalue weighted by molar-refractivity contribution is 5.91. The molecule has 0 bridgehead atoms. The Balaban J connectivity index is 1.42. The number of aromatic nitrogens is 1. The molecule has 0 saturated carbocycles. The smallest absolute Gasteiger partial charge is 0.0725 e. The molecule has 0 fully saturated rings. The lowest BCUT2D eigenvalue weighted by atomic mass is 10.00. The van der Waals surface area contributed by atoms with Crippen molar-refractivity contribution in [3.05, 3.63) is 71.4 Å². The zero-order chi connectivity index (χ0) is 16.4. The van der Waals surface area contributed by atoms with Gasteiger partial charge in [-0.3, -0.25) is 9.88 Å². The zero-order valence-electron chi connectivity index (χ0n) is 14.1. The van der Waals surface area contributed by atoms with Crippen LogP contribution in [0.25, 0.3) is 10.9 Å². The molecule has 0 saturated heterocycles. The first-order valence-corrected chi connectivity index (χ1v) is 8.69. The van der Waals surface area contributed by atoms with Crippen molar-refractivity contribution in [2.75, 3.05) is 25.0 Å². The number of para-hydroxylation sites is 1. The van der Waals surface area contributed by atoms with E-state index in [-0.39, 0.29) is 0 Å². The summed E-state index contributed by atoms with van der Waals surface area (Å²) in [5, 5.41) is 4.82. The molecule has 3 aromatic rings. The number of rotatable bonds is 4. The molecule has 0 amide bonds. The van der Waals surface area contributed by atoms with E-state index in [9.17, 15) is 0 Å². The Labute approximate surface area is 143 Å². The third kappa shape index (κ3) is 3.13. The lowest BCUT2D eigenvalue weighted by Gasteiger charge is -2.28. The van der Waals surface area contributed by atoms with E-state index in [0.29, 0.717) is 0 Å². The summed E-state index contributed by atoms with van der Waals surface area (Å²) in [6, 6.07) is 19.3. The van der Waals surface area contributed by atoms with Crippen molar-refractivity contribution in [1.29, 1.82) is 0 Å². The van der Waals surface area contributed by atoms with Gasteiger partial charge >= 0.3 is 0 Å². The van der Waals surface area contributed by atoms with Crippen LogP contribution in [0.2, 0.25) is 0 Å². The predicted molar refractivity (Wildman–Crippen MR) is 100 cm³/mol. The Kier molecular flexibility index (Phi) is 4.18. The van der Waals surface area contributed by atoms with Gasteiger partial charge in [-0.25, -0.2) is 0 Å². The molecule has 0 aliphatic carbocycles. The van der Waals surface area contributed by atoms with Crippen LogP contribution in [0.15, 0.2) is 54.6 Å². The Hall–Kier alpha value is -2.39. The van der Waals surface area contributed by atoms with Crippen molar-refractivity contribution < 1.29 is 0 Å². The minimum atomic E-state index is 0.954. The number of hydrogen-bond donors (Lipinski definition) is 1. The summed E-state index contributed by atoms with van der Waals surface area (Å²) in [5.74, 6) is 0. The van der Waals surface area contributed by atoms with Crippen molar-refractivity contribution >= 4 is 16.6 Å². The fraction of sp³-hybridized carbons (Fsp3) is 0.286. The number of nitrogens with zero attached hydrogens (tertiary/aromatic N) is 2. The molecule has 3 nitrogen and oxygen atoms in total. The summed E-state index contributed by atoms with van der Waals surface area (Å²) < 4.78 is 0. The number of aryl methyl sites for hydroxylation is 1. The normalized spacial score (nSPS) is 14.5. The van der Waals surface area contributed by atoms with Crippen molar-refractivity contribution in [3.63, 3.8) is 0 Å². The lowest BCUT2D eigenvalue weighted by molar-refractivity contribution is 0.264. The number of fused-ring (bicyclic) bond motifs is 2. The van der Waals surface area contributed by atoms with E-state index in [4.69, 9.17) is 0 Å². The summed E-state index contributed by atoms with van der Waals surface area (Å²) in [7, 11) is 0. The zero-order valence-corrected chi connectivity index (χ0v) is 14.1. The van der Waals surface area contributed by atoms with Gasteiger partial charge in [0, 0.05) is 42.9 Å². The fourth-order valence-corrected chi connectivity index (χ4v) is 3.55. The summed E-state index contributed by atoms with van der Waals surface area (Å²) in [6.07, 6.45) is 1.16. The van der Waals surface area contributed by atoms with Gasteiger partial charge in [-0.15, -0.1) is 0 Å². The van der Waals surface area contributed by atoms with E-state index in [0.717, 1.165) is 43.8 Å². The Bertz CT molecular complexity index is 857. The van der Waals surface area contributed by atoms with E-state index in [1.54, 1.807) is 0 Å². The summed E-state index contributed by atoms with van der Waals surface area (Å²) in [5.41, 5.74) is 6.30. The Morgan fingerprint density at radius 1 is 1.04 bits per heavy atom. The highest BCUT2D eigenvalue weighted by atomic mass is 15.1. The average molecular weight is 317 g/mol. The van der Waals surface area contributed by atoms with Crippen molar-refractivity contribution in [2.24, 2.45) is 0 Å². The maximum absolute atomic E-state index is 4.61. The molecule has 0 spiro atoms. The van der Waals surface area contributed by atoms with Crippen LogP contribution in [0.3, 0.4) is 0 Å². The highest BCUT2D eigenvalue weighted by Crippen LogP contribution is 2.23. The van der Waals surface area contributed by atoms with Crippen molar-refractivity contribution in [1.82, 2.24) is 9.88 Å². The topological polar surface area (TPSA) is 28.2 Å². The van der Waals surface area contributed by atoms with Gasteiger partial charge in [-0.1, -0.05) is 42.5 Å². The van der Waals surface area contributed by atoms with Gasteiger partial charge in [0.2, 0.25) is 0 Å². The van der Waals surface area contributed by atoms with Gasteiger partial charge in [0.15, 0.2) is 0 Å². The second-order valence-corrected chi connectivity index (χ2v) is 6.55. The summed E-state index contributed by atoms with van der Waals surface area (Å²) >= 11 is 0. The first kappa shape index (κ1) is 15.2. The van der Waals surface area contributed by atoms with Crippen LogP contribution in [-0.4, -0.2) is 29.5 Å². The molecule has 1 aromatic heterocycles. The first-order chi connectivity index (χ1) is 11.8. The van der Waals surface area contributed by atoms with E-state index < -0.39 is 0 Å². The van der Waals surface area contributed by atoms with E-state index in [1.165, 1.54) is 22.2 Å². The monoisotopic (exact) mass is 317 g/mol. The van der Waals surface area contributed by atoms with Gasteiger partial charge in [0.25, 0.3) is 0 Å². The average Bonchev–Trinajstić information content (AvgIpc) is 2.61. The molecule has 0 radical (unpaired) electrons. The van der Waals surface area contributed by atoms with Crippen LogP contribution >= 0.6 is 0 Å². The third-order valence-electron chi connectivity index (χ3n) is 4.80. The minimum Gasteiger partial charge on any atom is -0.383 e. The van der Waals surface area contributed by atoms with Gasteiger partial charge in [-0.2, -0.15) is 0 Å². The van der Waals surface area contributed by atoms with Crippen LogP contribution in [0, 0.1) is 6.92 Å². The van der Waals surface area contributed by atoms with Crippen LogP contribution in [0.4, 0.5) is 5.69 Å². The lowest BCUT2D eigenvalue weighted by Crippen LogP contribution is -2.34. The van der Waals surface area contributed by atoms with Gasteiger partial charge in [-0.05, 0) is 36.6 Å². The molecule has 3 heteroatoms. The molecule has 1 N–H and O–H groups in total. The number of anilines is 1. The van der Waals surface area contributed by atoms with Crippen LogP contribution in [-0.2, 0) is 13.0 Å². The molecule has 4 rings (SSSR count). The van der Waals surface area contributed by atoms with Crippen LogP contribution in [0.1, 0.15) is 16.8 Å². The fourth-order valence-electron chi connectivity index (χ4n) is 3.55. The molecular formula is C21H23N3. The maximum atomic E-state index is 4.61. The molecule has 24 heavy (non-hydrogen) atoms. The predicted octanol–water partition coefficient (Wildman–Crippen LogP) is 4.01. The number of benzene rings is 2. The minimum absolute atomic E-state index is 0.954. The SMILES string of the molecule is Cc1cc(NCCN2CCc3ccccc3C2)c2ccccc2n1. The molecule has 1 aliphatic rings. The van der Waals surface area contributed by atoms with Crippen molar-refractivity contribution in [2.45, 2.75) is 19.9 Å². The first-order valence-electron chi connectivity index (χ1n) is 8.69. The number of hydrogen-bond acceptors (Lipinski definition) is 3. The number of nitrogens with one attached hydrogen (secondary N) is 1. The van der Waals surface area contributed by atoms with Crippen molar-refractivity contribution in [3.8, 4) is 0 Å². The van der Waals surface area contributed by atoms with Gasteiger partial charge < -0.3 is 5.32 Å². The molecule has 0 unspecified atom stereocenters. The Morgan fingerprint density at radius 2 is 1.83 bits per heavy atom. The maximum Gasteiger partial charge on any atom is 0.0725 e. The highest BCUT2D eigenvalue weighted by Gasteiger charge is 2.15.